The monoisotopic (exact) mass is 221 g/mol. The zero-order chi connectivity index (χ0) is 11.8. The van der Waals surface area contributed by atoms with Crippen molar-refractivity contribution in [1.29, 1.82) is 0 Å². The summed E-state index contributed by atoms with van der Waals surface area (Å²) >= 11 is 0. The van der Waals surface area contributed by atoms with Crippen molar-refractivity contribution in [2.24, 2.45) is 5.92 Å². The molecule has 0 aliphatic heterocycles. The van der Waals surface area contributed by atoms with Crippen LogP contribution in [0.3, 0.4) is 0 Å². The highest BCUT2D eigenvalue weighted by Crippen LogP contribution is 2.16. The largest absolute Gasteiger partial charge is 0.396 e. The van der Waals surface area contributed by atoms with Gasteiger partial charge in [0.05, 0.1) is 0 Å². The lowest BCUT2D eigenvalue weighted by Crippen LogP contribution is -2.26. The van der Waals surface area contributed by atoms with Crippen molar-refractivity contribution in [3.63, 3.8) is 0 Å². The molecule has 90 valence electrons. The van der Waals surface area contributed by atoms with Gasteiger partial charge in [0.15, 0.2) is 0 Å². The summed E-state index contributed by atoms with van der Waals surface area (Å²) in [6.07, 6.45) is 1.97. The van der Waals surface area contributed by atoms with Crippen LogP contribution in [0.5, 0.6) is 0 Å². The van der Waals surface area contributed by atoms with Crippen molar-refractivity contribution in [3.05, 3.63) is 35.9 Å². The summed E-state index contributed by atoms with van der Waals surface area (Å²) in [5.41, 5.74) is 1.35. The molecule has 2 unspecified atom stereocenters. The smallest absolute Gasteiger partial charge is 0.0434 e. The van der Waals surface area contributed by atoms with Gasteiger partial charge < -0.3 is 10.4 Å². The Hall–Kier alpha value is -0.860. The summed E-state index contributed by atoms with van der Waals surface area (Å²) in [7, 11) is 0. The summed E-state index contributed by atoms with van der Waals surface area (Å²) in [4.78, 5) is 0. The van der Waals surface area contributed by atoms with Crippen molar-refractivity contribution in [2.45, 2.75) is 32.7 Å². The average molecular weight is 221 g/mol. The molecule has 0 spiro atoms. The van der Waals surface area contributed by atoms with Crippen LogP contribution in [0.15, 0.2) is 30.3 Å². The second kappa shape index (κ2) is 7.42. The molecule has 0 bridgehead atoms. The summed E-state index contributed by atoms with van der Waals surface area (Å²) in [6, 6.07) is 11.0. The third-order valence-electron chi connectivity index (χ3n) is 2.94. The molecule has 0 aliphatic carbocycles. The van der Waals surface area contributed by atoms with Gasteiger partial charge in [0.2, 0.25) is 0 Å². The molecule has 0 fully saturated rings. The standard InChI is InChI=1S/C14H23NO/c1-3-14(13-7-5-4-6-8-13)15-11-12(2)9-10-16/h4-8,12,14-16H,3,9-11H2,1-2H3. The predicted molar refractivity (Wildman–Crippen MR) is 68.3 cm³/mol. The van der Waals surface area contributed by atoms with Crippen LogP contribution in [0.1, 0.15) is 38.3 Å². The number of aliphatic hydroxyl groups excluding tert-OH is 1. The van der Waals surface area contributed by atoms with Crippen molar-refractivity contribution in [2.75, 3.05) is 13.2 Å². The molecule has 2 N–H and O–H groups in total. The molecule has 0 heterocycles. The number of benzene rings is 1. The summed E-state index contributed by atoms with van der Waals surface area (Å²) in [5, 5.41) is 12.4. The lowest BCUT2D eigenvalue weighted by Gasteiger charge is -2.20. The molecule has 2 atom stereocenters. The van der Waals surface area contributed by atoms with E-state index in [9.17, 15) is 0 Å². The predicted octanol–water partition coefficient (Wildman–Crippen LogP) is 2.75. The van der Waals surface area contributed by atoms with Crippen LogP contribution in [0.2, 0.25) is 0 Å². The van der Waals surface area contributed by atoms with Crippen molar-refractivity contribution in [1.82, 2.24) is 5.32 Å². The number of aliphatic hydroxyl groups is 1. The quantitative estimate of drug-likeness (QED) is 0.742. The highest BCUT2D eigenvalue weighted by atomic mass is 16.3. The maximum atomic E-state index is 8.85. The van der Waals surface area contributed by atoms with E-state index < -0.39 is 0 Å². The molecule has 0 aromatic heterocycles. The zero-order valence-electron chi connectivity index (χ0n) is 10.3. The highest BCUT2D eigenvalue weighted by Gasteiger charge is 2.09. The molecule has 2 nitrogen and oxygen atoms in total. The van der Waals surface area contributed by atoms with Crippen molar-refractivity contribution in [3.8, 4) is 0 Å². The molecule has 16 heavy (non-hydrogen) atoms. The number of hydrogen-bond donors (Lipinski definition) is 2. The van der Waals surface area contributed by atoms with Crippen LogP contribution < -0.4 is 5.32 Å². The molecule has 1 aromatic rings. The Bertz CT molecular complexity index is 273. The maximum Gasteiger partial charge on any atom is 0.0434 e. The fourth-order valence-corrected chi connectivity index (χ4v) is 1.85. The lowest BCUT2D eigenvalue weighted by molar-refractivity contribution is 0.257. The molecule has 1 rings (SSSR count). The Morgan fingerprint density at radius 2 is 1.94 bits per heavy atom. The Morgan fingerprint density at radius 1 is 1.25 bits per heavy atom. The molecule has 1 aromatic carbocycles. The van der Waals surface area contributed by atoms with Crippen molar-refractivity contribution < 1.29 is 5.11 Å². The number of hydrogen-bond acceptors (Lipinski definition) is 2. The Labute approximate surface area is 98.7 Å². The Balaban J connectivity index is 2.44. The van der Waals surface area contributed by atoms with Gasteiger partial charge in [-0.1, -0.05) is 44.2 Å². The Kier molecular flexibility index (Phi) is 6.12. The van der Waals surface area contributed by atoms with Gasteiger partial charge in [0, 0.05) is 12.6 Å². The topological polar surface area (TPSA) is 32.3 Å². The molecular weight excluding hydrogens is 198 g/mol. The van der Waals surface area contributed by atoms with E-state index in [1.807, 2.05) is 6.07 Å². The van der Waals surface area contributed by atoms with Crippen molar-refractivity contribution >= 4 is 0 Å². The van der Waals surface area contributed by atoms with Crippen LogP contribution >= 0.6 is 0 Å². The van der Waals surface area contributed by atoms with E-state index in [4.69, 9.17) is 5.11 Å². The zero-order valence-corrected chi connectivity index (χ0v) is 10.3. The first-order chi connectivity index (χ1) is 7.77. The molecule has 0 amide bonds. The third kappa shape index (κ3) is 4.33. The van der Waals surface area contributed by atoms with Gasteiger partial charge in [-0.05, 0) is 30.9 Å². The lowest BCUT2D eigenvalue weighted by atomic mass is 10.0. The second-order valence-electron chi connectivity index (χ2n) is 4.40. The first-order valence-corrected chi connectivity index (χ1v) is 6.17. The van der Waals surface area contributed by atoms with E-state index in [1.54, 1.807) is 0 Å². The number of rotatable bonds is 7. The number of nitrogens with one attached hydrogen (secondary N) is 1. The van der Waals surface area contributed by atoms with E-state index in [1.165, 1.54) is 5.56 Å². The van der Waals surface area contributed by atoms with Gasteiger partial charge in [-0.2, -0.15) is 0 Å². The maximum absolute atomic E-state index is 8.85. The first-order valence-electron chi connectivity index (χ1n) is 6.17. The van der Waals surface area contributed by atoms with Gasteiger partial charge in [0.1, 0.15) is 0 Å². The minimum Gasteiger partial charge on any atom is -0.396 e. The fraction of sp³-hybridized carbons (Fsp3) is 0.571. The van der Waals surface area contributed by atoms with E-state index in [0.29, 0.717) is 12.0 Å². The van der Waals surface area contributed by atoms with E-state index >= 15 is 0 Å². The van der Waals surface area contributed by atoms with E-state index in [0.717, 1.165) is 19.4 Å². The fourth-order valence-electron chi connectivity index (χ4n) is 1.85. The van der Waals surface area contributed by atoms with Crippen LogP contribution in [-0.2, 0) is 0 Å². The highest BCUT2D eigenvalue weighted by molar-refractivity contribution is 5.18. The molecule has 0 radical (unpaired) electrons. The van der Waals surface area contributed by atoms with Gasteiger partial charge in [0.25, 0.3) is 0 Å². The Morgan fingerprint density at radius 3 is 2.50 bits per heavy atom. The molecule has 0 saturated heterocycles. The minimum atomic E-state index is 0.283. The van der Waals surface area contributed by atoms with Crippen LogP contribution in [-0.4, -0.2) is 18.3 Å². The van der Waals surface area contributed by atoms with Gasteiger partial charge in [-0.15, -0.1) is 0 Å². The normalized spacial score (nSPS) is 14.7. The second-order valence-corrected chi connectivity index (χ2v) is 4.40. The molecule has 2 heteroatoms. The van der Waals surface area contributed by atoms with E-state index in [-0.39, 0.29) is 6.61 Å². The van der Waals surface area contributed by atoms with Gasteiger partial charge >= 0.3 is 0 Å². The van der Waals surface area contributed by atoms with Gasteiger partial charge in [-0.3, -0.25) is 0 Å². The van der Waals surface area contributed by atoms with Gasteiger partial charge in [-0.25, -0.2) is 0 Å². The SMILES string of the molecule is CCC(NCC(C)CCO)c1ccccc1. The third-order valence-corrected chi connectivity index (χ3v) is 2.94. The average Bonchev–Trinajstić information content (AvgIpc) is 2.31. The molecular formula is C14H23NO. The summed E-state index contributed by atoms with van der Waals surface area (Å²) in [6.45, 7) is 5.61. The van der Waals surface area contributed by atoms with Crippen LogP contribution in [0.4, 0.5) is 0 Å². The summed E-state index contributed by atoms with van der Waals surface area (Å²) < 4.78 is 0. The van der Waals surface area contributed by atoms with Crippen LogP contribution in [0, 0.1) is 5.92 Å². The first kappa shape index (κ1) is 13.2. The minimum absolute atomic E-state index is 0.283. The molecule has 0 saturated carbocycles. The van der Waals surface area contributed by atoms with Crippen LogP contribution in [0.25, 0.3) is 0 Å². The molecule has 0 aliphatic rings. The summed E-state index contributed by atoms with van der Waals surface area (Å²) in [5.74, 6) is 0.530. The van der Waals surface area contributed by atoms with E-state index in [2.05, 4.69) is 43.4 Å².